The summed E-state index contributed by atoms with van der Waals surface area (Å²) in [6.07, 6.45) is 5.46. The average molecular weight is 350 g/mol. The second kappa shape index (κ2) is 7.23. The van der Waals surface area contributed by atoms with E-state index in [4.69, 9.17) is 0 Å². The van der Waals surface area contributed by atoms with E-state index in [0.29, 0.717) is 18.0 Å². The molecule has 2 aliphatic rings. The van der Waals surface area contributed by atoms with Crippen molar-refractivity contribution in [2.45, 2.75) is 56.4 Å². The topological polar surface area (TPSA) is 66.5 Å². The third-order valence-electron chi connectivity index (χ3n) is 4.91. The van der Waals surface area contributed by atoms with Crippen molar-refractivity contribution in [1.82, 2.24) is 9.62 Å². The standard InChI is InChI=1S/C18H26N2O3S/c1-14-6-10-17(11-7-14)24(22,23)20-13-3-5-16(20)4-2-12-19-18(21)15-8-9-15/h6-7,10-11,15-16H,2-5,8-9,12-13H2,1H3,(H,19,21). The summed E-state index contributed by atoms with van der Waals surface area (Å²) in [4.78, 5) is 12.0. The Hall–Kier alpha value is -1.40. The summed E-state index contributed by atoms with van der Waals surface area (Å²) in [6, 6.07) is 7.11. The number of nitrogens with one attached hydrogen (secondary N) is 1. The van der Waals surface area contributed by atoms with Gasteiger partial charge in [0.2, 0.25) is 15.9 Å². The van der Waals surface area contributed by atoms with E-state index in [2.05, 4.69) is 5.32 Å². The summed E-state index contributed by atoms with van der Waals surface area (Å²) in [5.41, 5.74) is 1.05. The Morgan fingerprint density at radius 3 is 2.58 bits per heavy atom. The second-order valence-electron chi connectivity index (χ2n) is 6.93. The molecule has 132 valence electrons. The lowest BCUT2D eigenvalue weighted by molar-refractivity contribution is -0.122. The molecule has 2 fully saturated rings. The van der Waals surface area contributed by atoms with Crippen LogP contribution < -0.4 is 5.32 Å². The van der Waals surface area contributed by atoms with Crippen LogP contribution in [-0.4, -0.2) is 37.8 Å². The van der Waals surface area contributed by atoms with Gasteiger partial charge in [0.05, 0.1) is 4.90 Å². The first kappa shape index (κ1) is 17.4. The van der Waals surface area contributed by atoms with Crippen LogP contribution in [0.1, 0.15) is 44.1 Å². The summed E-state index contributed by atoms with van der Waals surface area (Å²) in [5, 5.41) is 2.95. The fourth-order valence-corrected chi connectivity index (χ4v) is 5.02. The molecule has 5 nitrogen and oxygen atoms in total. The van der Waals surface area contributed by atoms with E-state index < -0.39 is 10.0 Å². The maximum Gasteiger partial charge on any atom is 0.243 e. The number of benzene rings is 1. The molecular formula is C18H26N2O3S. The first-order valence-corrected chi connectivity index (χ1v) is 10.3. The predicted molar refractivity (Wildman–Crippen MR) is 93.1 cm³/mol. The molecule has 1 aliphatic heterocycles. The molecule has 1 heterocycles. The van der Waals surface area contributed by atoms with E-state index in [1.807, 2.05) is 19.1 Å². The number of nitrogens with zero attached hydrogens (tertiary/aromatic N) is 1. The molecule has 6 heteroatoms. The SMILES string of the molecule is Cc1ccc(S(=O)(=O)N2CCCC2CCCNC(=O)C2CC2)cc1. The largest absolute Gasteiger partial charge is 0.356 e. The molecule has 1 aliphatic carbocycles. The number of aryl methyl sites for hydroxylation is 1. The number of carbonyl (C=O) groups is 1. The van der Waals surface area contributed by atoms with Crippen LogP contribution in [0.25, 0.3) is 0 Å². The molecule has 0 aromatic heterocycles. The van der Waals surface area contributed by atoms with E-state index in [9.17, 15) is 13.2 Å². The van der Waals surface area contributed by atoms with Crippen molar-refractivity contribution in [2.24, 2.45) is 5.92 Å². The number of carbonyl (C=O) groups excluding carboxylic acids is 1. The van der Waals surface area contributed by atoms with Crippen LogP contribution in [0.5, 0.6) is 0 Å². The smallest absolute Gasteiger partial charge is 0.243 e. The van der Waals surface area contributed by atoms with E-state index in [1.54, 1.807) is 16.4 Å². The van der Waals surface area contributed by atoms with Crippen molar-refractivity contribution in [1.29, 1.82) is 0 Å². The number of sulfonamides is 1. The third-order valence-corrected chi connectivity index (χ3v) is 6.88. The molecule has 0 spiro atoms. The Bertz CT molecular complexity index is 681. The monoisotopic (exact) mass is 350 g/mol. The molecule has 1 aromatic carbocycles. The molecule has 1 saturated carbocycles. The van der Waals surface area contributed by atoms with Crippen LogP contribution in [0.4, 0.5) is 0 Å². The summed E-state index contributed by atoms with van der Waals surface area (Å²) >= 11 is 0. The summed E-state index contributed by atoms with van der Waals surface area (Å²) in [6.45, 7) is 3.19. The highest BCUT2D eigenvalue weighted by molar-refractivity contribution is 7.89. The highest BCUT2D eigenvalue weighted by Gasteiger charge is 2.35. The average Bonchev–Trinajstić information content (AvgIpc) is 3.30. The molecule has 24 heavy (non-hydrogen) atoms. The van der Waals surface area contributed by atoms with Crippen LogP contribution in [0.3, 0.4) is 0 Å². The zero-order valence-corrected chi connectivity index (χ0v) is 15.0. The molecule has 1 saturated heterocycles. The molecular weight excluding hydrogens is 324 g/mol. The Labute approximate surface area is 144 Å². The van der Waals surface area contributed by atoms with Crippen molar-refractivity contribution in [3.63, 3.8) is 0 Å². The van der Waals surface area contributed by atoms with Gasteiger partial charge in [-0.15, -0.1) is 0 Å². The van der Waals surface area contributed by atoms with Crippen LogP contribution in [0.15, 0.2) is 29.2 Å². The maximum absolute atomic E-state index is 12.9. The number of rotatable bonds is 7. The van der Waals surface area contributed by atoms with Crippen molar-refractivity contribution in [2.75, 3.05) is 13.1 Å². The van der Waals surface area contributed by atoms with Crippen molar-refractivity contribution >= 4 is 15.9 Å². The van der Waals surface area contributed by atoms with E-state index >= 15 is 0 Å². The van der Waals surface area contributed by atoms with Crippen LogP contribution >= 0.6 is 0 Å². The molecule has 0 radical (unpaired) electrons. The minimum absolute atomic E-state index is 0.0501. The van der Waals surface area contributed by atoms with E-state index in [1.165, 1.54) is 0 Å². The molecule has 0 bridgehead atoms. The highest BCUT2D eigenvalue weighted by atomic mass is 32.2. The maximum atomic E-state index is 12.9. The van der Waals surface area contributed by atoms with Gasteiger partial charge in [-0.05, 0) is 57.6 Å². The lowest BCUT2D eigenvalue weighted by Gasteiger charge is -2.24. The van der Waals surface area contributed by atoms with Gasteiger partial charge in [0, 0.05) is 25.0 Å². The predicted octanol–water partition coefficient (Wildman–Crippen LogP) is 2.45. The summed E-state index contributed by atoms with van der Waals surface area (Å²) in [5.74, 6) is 0.389. The summed E-state index contributed by atoms with van der Waals surface area (Å²) < 4.78 is 27.4. The van der Waals surface area contributed by atoms with Gasteiger partial charge in [0.15, 0.2) is 0 Å². The Balaban J connectivity index is 1.55. The van der Waals surface area contributed by atoms with Crippen molar-refractivity contribution < 1.29 is 13.2 Å². The van der Waals surface area contributed by atoms with Crippen LogP contribution in [0.2, 0.25) is 0 Å². The normalized spacial score (nSPS) is 21.8. The van der Waals surface area contributed by atoms with E-state index in [-0.39, 0.29) is 17.9 Å². The minimum atomic E-state index is -3.42. The van der Waals surface area contributed by atoms with E-state index in [0.717, 1.165) is 44.1 Å². The van der Waals surface area contributed by atoms with Crippen molar-refractivity contribution in [3.8, 4) is 0 Å². The van der Waals surface area contributed by atoms with Gasteiger partial charge in [-0.25, -0.2) is 8.42 Å². The third kappa shape index (κ3) is 3.98. The number of amides is 1. The molecule has 1 aromatic rings. The van der Waals surface area contributed by atoms with Gasteiger partial charge in [-0.1, -0.05) is 17.7 Å². The van der Waals surface area contributed by atoms with Gasteiger partial charge >= 0.3 is 0 Å². The summed E-state index contributed by atoms with van der Waals surface area (Å²) in [7, 11) is -3.42. The second-order valence-corrected chi connectivity index (χ2v) is 8.82. The number of hydrogen-bond donors (Lipinski definition) is 1. The minimum Gasteiger partial charge on any atom is -0.356 e. The van der Waals surface area contributed by atoms with Crippen LogP contribution in [-0.2, 0) is 14.8 Å². The molecule has 1 amide bonds. The molecule has 1 N–H and O–H groups in total. The lowest BCUT2D eigenvalue weighted by Crippen LogP contribution is -2.36. The lowest BCUT2D eigenvalue weighted by atomic mass is 10.1. The zero-order chi connectivity index (χ0) is 17.2. The van der Waals surface area contributed by atoms with Gasteiger partial charge in [-0.3, -0.25) is 4.79 Å². The van der Waals surface area contributed by atoms with Gasteiger partial charge in [-0.2, -0.15) is 4.31 Å². The molecule has 1 atom stereocenters. The number of hydrogen-bond acceptors (Lipinski definition) is 3. The van der Waals surface area contributed by atoms with Gasteiger partial charge < -0.3 is 5.32 Å². The Kier molecular flexibility index (Phi) is 5.25. The first-order chi connectivity index (χ1) is 11.5. The van der Waals surface area contributed by atoms with Crippen LogP contribution in [0, 0.1) is 12.8 Å². The highest BCUT2D eigenvalue weighted by Crippen LogP contribution is 2.30. The first-order valence-electron chi connectivity index (χ1n) is 8.85. The zero-order valence-electron chi connectivity index (χ0n) is 14.2. The fourth-order valence-electron chi connectivity index (χ4n) is 3.30. The molecule has 1 unspecified atom stereocenters. The quantitative estimate of drug-likeness (QED) is 0.768. The van der Waals surface area contributed by atoms with Gasteiger partial charge in [0.25, 0.3) is 0 Å². The molecule has 3 rings (SSSR count). The van der Waals surface area contributed by atoms with Crippen molar-refractivity contribution in [3.05, 3.63) is 29.8 Å². The van der Waals surface area contributed by atoms with Gasteiger partial charge in [0.1, 0.15) is 0 Å². The fraction of sp³-hybridized carbons (Fsp3) is 0.611. The Morgan fingerprint density at radius 1 is 1.21 bits per heavy atom. The Morgan fingerprint density at radius 2 is 1.92 bits per heavy atom.